The molecule has 0 aliphatic carbocycles. The molecule has 0 fully saturated rings. The van der Waals surface area contributed by atoms with Crippen LogP contribution < -0.4 is 0 Å². The first kappa shape index (κ1) is 15.4. The van der Waals surface area contributed by atoms with Gasteiger partial charge in [-0.2, -0.15) is 0 Å². The second-order valence-electron chi connectivity index (χ2n) is 4.78. The third-order valence-electron chi connectivity index (χ3n) is 3.29. The van der Waals surface area contributed by atoms with Crippen molar-refractivity contribution in [2.45, 2.75) is 46.5 Å². The Bertz CT molecular complexity index is 449. The normalized spacial score (nSPS) is 12.6. The molecule has 0 aliphatic heterocycles. The van der Waals surface area contributed by atoms with Gasteiger partial charge < -0.3 is 0 Å². The van der Waals surface area contributed by atoms with Gasteiger partial charge in [0.25, 0.3) is 0 Å². The summed E-state index contributed by atoms with van der Waals surface area (Å²) in [7, 11) is 0. The van der Waals surface area contributed by atoms with Crippen molar-refractivity contribution in [1.29, 1.82) is 0 Å². The highest BCUT2D eigenvalue weighted by molar-refractivity contribution is 5.99. The minimum atomic E-state index is 1.05. The summed E-state index contributed by atoms with van der Waals surface area (Å²) in [5, 5.41) is 0. The first-order valence-corrected chi connectivity index (χ1v) is 7.16. The van der Waals surface area contributed by atoms with Gasteiger partial charge in [0.2, 0.25) is 0 Å². The van der Waals surface area contributed by atoms with Crippen molar-refractivity contribution in [3.63, 3.8) is 0 Å². The third kappa shape index (κ3) is 5.25. The summed E-state index contributed by atoms with van der Waals surface area (Å²) in [6.07, 6.45) is 8.39. The van der Waals surface area contributed by atoms with Crippen LogP contribution in [0.1, 0.15) is 51.2 Å². The van der Waals surface area contributed by atoms with Gasteiger partial charge in [0.1, 0.15) is 0 Å². The van der Waals surface area contributed by atoms with E-state index >= 15 is 0 Å². The van der Waals surface area contributed by atoms with E-state index in [-0.39, 0.29) is 0 Å². The highest BCUT2D eigenvalue weighted by Crippen LogP contribution is 2.10. The third-order valence-corrected chi connectivity index (χ3v) is 3.29. The number of hydrogen-bond donors (Lipinski definition) is 0. The molecule has 1 heteroatoms. The van der Waals surface area contributed by atoms with Crippen LogP contribution >= 0.6 is 0 Å². The number of nitrogens with zero attached hydrogens (tertiary/aromatic N) is 1. The van der Waals surface area contributed by atoms with E-state index in [4.69, 9.17) is 0 Å². The van der Waals surface area contributed by atoms with Gasteiger partial charge in [0.15, 0.2) is 0 Å². The van der Waals surface area contributed by atoms with Gasteiger partial charge in [-0.1, -0.05) is 57.2 Å². The van der Waals surface area contributed by atoms with Crippen molar-refractivity contribution < 1.29 is 0 Å². The Balaban J connectivity index is 2.78. The minimum Gasteiger partial charge on any atom is -0.261 e. The van der Waals surface area contributed by atoms with E-state index < -0.39 is 0 Å². The van der Waals surface area contributed by atoms with Crippen LogP contribution in [0.25, 0.3) is 0 Å². The van der Waals surface area contributed by atoms with Crippen LogP contribution in [0.4, 0.5) is 0 Å². The molecular weight excluding hydrogens is 230 g/mol. The lowest BCUT2D eigenvalue weighted by Crippen LogP contribution is -1.94. The van der Waals surface area contributed by atoms with Gasteiger partial charge in [-0.15, -0.1) is 0 Å². The SMILES string of the molecule is C=C/C(=C\N=C(C)c1ccc(CC)cc1)CCCC. The van der Waals surface area contributed by atoms with Crippen LogP contribution in [-0.4, -0.2) is 5.71 Å². The largest absolute Gasteiger partial charge is 0.261 e. The lowest BCUT2D eigenvalue weighted by Gasteiger charge is -2.02. The van der Waals surface area contributed by atoms with Crippen molar-refractivity contribution in [1.82, 2.24) is 0 Å². The first-order chi connectivity index (χ1) is 9.21. The summed E-state index contributed by atoms with van der Waals surface area (Å²) in [5.41, 5.74) is 4.82. The fraction of sp³-hybridized carbons (Fsp3) is 0.389. The molecular formula is C18H25N. The van der Waals surface area contributed by atoms with Crippen LogP contribution in [0.2, 0.25) is 0 Å². The van der Waals surface area contributed by atoms with Crippen molar-refractivity contribution in [2.24, 2.45) is 4.99 Å². The number of allylic oxidation sites excluding steroid dienone is 2. The molecule has 0 saturated heterocycles. The van der Waals surface area contributed by atoms with Gasteiger partial charge in [-0.25, -0.2) is 0 Å². The average molecular weight is 255 g/mol. The van der Waals surface area contributed by atoms with Crippen LogP contribution in [0, 0.1) is 0 Å². The highest BCUT2D eigenvalue weighted by atomic mass is 14.7. The van der Waals surface area contributed by atoms with E-state index in [1.165, 1.54) is 29.5 Å². The summed E-state index contributed by atoms with van der Waals surface area (Å²) in [6, 6.07) is 8.63. The highest BCUT2D eigenvalue weighted by Gasteiger charge is 1.97. The van der Waals surface area contributed by atoms with Crippen LogP contribution in [0.3, 0.4) is 0 Å². The molecule has 1 aromatic carbocycles. The molecule has 1 rings (SSSR count). The van der Waals surface area contributed by atoms with Gasteiger partial charge in [-0.05, 0) is 42.9 Å². The second-order valence-corrected chi connectivity index (χ2v) is 4.78. The predicted octanol–water partition coefficient (Wildman–Crippen LogP) is 5.32. The quantitative estimate of drug-likeness (QED) is 0.462. The Hall–Kier alpha value is -1.63. The molecule has 1 aromatic rings. The lowest BCUT2D eigenvalue weighted by molar-refractivity contribution is 0.796. The predicted molar refractivity (Wildman–Crippen MR) is 85.8 cm³/mol. The molecule has 0 aromatic heterocycles. The van der Waals surface area contributed by atoms with Gasteiger partial charge in [0.05, 0.1) is 0 Å². The summed E-state index contributed by atoms with van der Waals surface area (Å²) >= 11 is 0. The summed E-state index contributed by atoms with van der Waals surface area (Å²) in [5.74, 6) is 0. The molecule has 0 saturated carbocycles. The zero-order valence-electron chi connectivity index (χ0n) is 12.4. The molecule has 0 N–H and O–H groups in total. The van der Waals surface area contributed by atoms with E-state index in [1.54, 1.807) is 0 Å². The first-order valence-electron chi connectivity index (χ1n) is 7.16. The van der Waals surface area contributed by atoms with Gasteiger partial charge in [0, 0.05) is 11.9 Å². The zero-order chi connectivity index (χ0) is 14.1. The van der Waals surface area contributed by atoms with E-state index in [9.17, 15) is 0 Å². The maximum atomic E-state index is 4.56. The summed E-state index contributed by atoms with van der Waals surface area (Å²) in [4.78, 5) is 4.56. The Labute approximate surface area is 117 Å². The van der Waals surface area contributed by atoms with Gasteiger partial charge >= 0.3 is 0 Å². The Morgan fingerprint density at radius 3 is 2.42 bits per heavy atom. The summed E-state index contributed by atoms with van der Waals surface area (Å²) in [6.45, 7) is 10.3. The monoisotopic (exact) mass is 255 g/mol. The number of aliphatic imine (C=N–C) groups is 1. The molecule has 0 bridgehead atoms. The Morgan fingerprint density at radius 2 is 1.89 bits per heavy atom. The number of hydrogen-bond acceptors (Lipinski definition) is 1. The van der Waals surface area contributed by atoms with Crippen LogP contribution in [0.5, 0.6) is 0 Å². The smallest absolute Gasteiger partial charge is 0.0445 e. The van der Waals surface area contributed by atoms with Crippen molar-refractivity contribution in [3.8, 4) is 0 Å². The van der Waals surface area contributed by atoms with Crippen LogP contribution in [0.15, 0.2) is 53.7 Å². The Morgan fingerprint density at radius 1 is 1.21 bits per heavy atom. The number of rotatable bonds is 7. The molecule has 102 valence electrons. The fourth-order valence-corrected chi connectivity index (χ4v) is 1.84. The topological polar surface area (TPSA) is 12.4 Å². The van der Waals surface area contributed by atoms with E-state index in [0.717, 1.165) is 18.6 Å². The standard InChI is InChI=1S/C18H25N/c1-5-8-9-17(7-3)14-19-15(4)18-12-10-16(6-2)11-13-18/h7,10-14H,3,5-6,8-9H2,1-2,4H3/b17-14+,19-15?. The minimum absolute atomic E-state index is 1.05. The molecule has 19 heavy (non-hydrogen) atoms. The zero-order valence-corrected chi connectivity index (χ0v) is 12.4. The van der Waals surface area contributed by atoms with Crippen molar-refractivity contribution in [2.75, 3.05) is 0 Å². The van der Waals surface area contributed by atoms with Crippen molar-refractivity contribution in [3.05, 3.63) is 59.8 Å². The second kappa shape index (κ2) is 8.47. The molecule has 0 heterocycles. The number of unbranched alkanes of at least 4 members (excludes halogenated alkanes) is 1. The molecule has 0 spiro atoms. The summed E-state index contributed by atoms with van der Waals surface area (Å²) < 4.78 is 0. The maximum absolute atomic E-state index is 4.56. The maximum Gasteiger partial charge on any atom is 0.0445 e. The molecule has 0 aliphatic rings. The van der Waals surface area contributed by atoms with Gasteiger partial charge in [-0.3, -0.25) is 4.99 Å². The molecule has 0 amide bonds. The number of aryl methyl sites for hydroxylation is 1. The molecule has 0 atom stereocenters. The average Bonchev–Trinajstić information content (AvgIpc) is 2.47. The van der Waals surface area contributed by atoms with Crippen molar-refractivity contribution >= 4 is 5.71 Å². The molecule has 1 nitrogen and oxygen atoms in total. The van der Waals surface area contributed by atoms with E-state index in [2.05, 4.69) is 56.6 Å². The Kier molecular flexibility index (Phi) is 6.88. The fourth-order valence-electron chi connectivity index (χ4n) is 1.84. The van der Waals surface area contributed by atoms with E-state index in [1.807, 2.05) is 12.3 Å². The molecule has 0 unspecified atom stereocenters. The molecule has 0 radical (unpaired) electrons. The van der Waals surface area contributed by atoms with E-state index in [0.29, 0.717) is 0 Å². The van der Waals surface area contributed by atoms with Crippen LogP contribution in [-0.2, 0) is 6.42 Å². The lowest BCUT2D eigenvalue weighted by atomic mass is 10.1. The number of benzene rings is 1.